The minimum Gasteiger partial charge on any atom is -0.397 e. The Morgan fingerprint density at radius 1 is 0.645 bits per heavy atom. The third-order valence-electron chi connectivity index (χ3n) is 5.12. The molecule has 0 N–H and O–H groups in total. The van der Waals surface area contributed by atoms with Crippen molar-refractivity contribution < 1.29 is 57.9 Å². The second kappa shape index (κ2) is 17.2. The van der Waals surface area contributed by atoms with Crippen molar-refractivity contribution in [3.8, 4) is 0 Å². The molecule has 11 heteroatoms. The molecule has 0 aromatic carbocycles. The molecule has 2 unspecified atom stereocenters. The van der Waals surface area contributed by atoms with Crippen molar-refractivity contribution in [3.05, 3.63) is 0 Å². The van der Waals surface area contributed by atoms with E-state index in [-0.39, 0.29) is 44.2 Å². The third kappa shape index (κ3) is 10.9. The summed E-state index contributed by atoms with van der Waals surface area (Å²) in [6.45, 7) is 10.1. The van der Waals surface area contributed by atoms with Gasteiger partial charge in [-0.2, -0.15) is 0 Å². The Morgan fingerprint density at radius 2 is 0.871 bits per heavy atom. The molecule has 0 aliphatic heterocycles. The fraction of sp³-hybridized carbons (Fsp3) is 0.800. The number of Topliss-reactive ketones (excluding diaryl/α,β-unsaturated/α-hetero) is 4. The summed E-state index contributed by atoms with van der Waals surface area (Å²) in [4.78, 5) is 46.6. The van der Waals surface area contributed by atoms with Gasteiger partial charge in [-0.15, -0.1) is 0 Å². The molecule has 0 aliphatic rings. The Kier molecular flexibility index (Phi) is 19.5. The van der Waals surface area contributed by atoms with Crippen LogP contribution in [0.4, 0.5) is 0 Å². The Labute approximate surface area is 203 Å². The molecule has 0 rings (SSSR count). The number of carbonyl (C=O) groups is 4. The van der Waals surface area contributed by atoms with Gasteiger partial charge in [-0.25, -0.2) is 0 Å². The standard InChI is InChI=1S/2C10H20O4Si.Pt/c2*1-6-7-9(12)10(8(2)11)15(5,13-3)14-4;/h2*10H,6-7H2,1-5H3;/q;;+2. The second-order valence-electron chi connectivity index (χ2n) is 7.37. The quantitative estimate of drug-likeness (QED) is 0.207. The minimum absolute atomic E-state index is 0. The summed E-state index contributed by atoms with van der Waals surface area (Å²) in [6, 6.07) is 0. The molecule has 0 bridgehead atoms. The van der Waals surface area contributed by atoms with Crippen LogP contribution in [0, 0.1) is 0 Å². The zero-order chi connectivity index (χ0) is 24.1. The Morgan fingerprint density at radius 3 is 1.00 bits per heavy atom. The fourth-order valence-corrected chi connectivity index (χ4v) is 7.41. The van der Waals surface area contributed by atoms with E-state index in [2.05, 4.69) is 0 Å². The molecule has 0 saturated heterocycles. The minimum atomic E-state index is -2.69. The monoisotopic (exact) mass is 659 g/mol. The van der Waals surface area contributed by atoms with E-state index >= 15 is 0 Å². The average Bonchev–Trinajstić information content (AvgIpc) is 2.68. The van der Waals surface area contributed by atoms with Gasteiger partial charge in [0.15, 0.2) is 0 Å². The third-order valence-corrected chi connectivity index (χ3v) is 11.9. The van der Waals surface area contributed by atoms with Gasteiger partial charge >= 0.3 is 38.2 Å². The van der Waals surface area contributed by atoms with Crippen molar-refractivity contribution in [3.63, 3.8) is 0 Å². The normalized spacial score (nSPS) is 13.2. The van der Waals surface area contributed by atoms with E-state index in [0.29, 0.717) is 12.8 Å². The number of ketones is 4. The largest absolute Gasteiger partial charge is 2.00 e. The molecule has 0 saturated carbocycles. The zero-order valence-electron chi connectivity index (χ0n) is 20.6. The molecule has 31 heavy (non-hydrogen) atoms. The maximum atomic E-state index is 11.8. The van der Waals surface area contributed by atoms with Gasteiger partial charge in [0.1, 0.15) is 34.2 Å². The van der Waals surface area contributed by atoms with Crippen LogP contribution < -0.4 is 0 Å². The van der Waals surface area contributed by atoms with Crippen LogP contribution in [-0.4, -0.2) is 68.7 Å². The maximum absolute atomic E-state index is 11.8. The molecule has 0 fully saturated rings. The summed E-state index contributed by atoms with van der Waals surface area (Å²) in [6.07, 6.45) is 2.28. The number of carbonyl (C=O) groups excluding carboxylic acids is 4. The second-order valence-corrected chi connectivity index (χ2v) is 14.2. The summed E-state index contributed by atoms with van der Waals surface area (Å²) in [7, 11) is 0.585. The van der Waals surface area contributed by atoms with Gasteiger partial charge in [-0.05, 0) is 39.8 Å². The number of rotatable bonds is 14. The van der Waals surface area contributed by atoms with Gasteiger partial charge in [-0.3, -0.25) is 19.2 Å². The summed E-state index contributed by atoms with van der Waals surface area (Å²) < 4.78 is 21.0. The van der Waals surface area contributed by atoms with Crippen LogP contribution in [0.1, 0.15) is 53.4 Å². The molecule has 0 radical (unpaired) electrons. The van der Waals surface area contributed by atoms with Crippen LogP contribution in [0.15, 0.2) is 0 Å². The molecule has 0 spiro atoms. The summed E-state index contributed by atoms with van der Waals surface area (Å²) in [5, 5.41) is 0. The Balaban J connectivity index is -0.000000490. The molecular formula is C20H40O8PtSi2+2. The average molecular weight is 660 g/mol. The van der Waals surface area contributed by atoms with Crippen LogP contribution in [0.3, 0.4) is 0 Å². The van der Waals surface area contributed by atoms with Crippen molar-refractivity contribution >= 4 is 40.3 Å². The van der Waals surface area contributed by atoms with Crippen LogP contribution in [0.25, 0.3) is 0 Å². The van der Waals surface area contributed by atoms with E-state index in [1.54, 1.807) is 13.1 Å². The van der Waals surface area contributed by atoms with E-state index in [1.165, 1.54) is 42.3 Å². The summed E-state index contributed by atoms with van der Waals surface area (Å²) >= 11 is 0. The molecule has 2 atom stereocenters. The molecule has 0 amide bonds. The van der Waals surface area contributed by atoms with Gasteiger partial charge in [0, 0.05) is 41.3 Å². The van der Waals surface area contributed by atoms with Gasteiger partial charge in [0.25, 0.3) is 0 Å². The summed E-state index contributed by atoms with van der Waals surface area (Å²) in [5.74, 6) is -0.455. The van der Waals surface area contributed by atoms with Crippen molar-refractivity contribution in [2.45, 2.75) is 77.6 Å². The van der Waals surface area contributed by atoms with Crippen LogP contribution in [-0.2, 0) is 57.9 Å². The zero-order valence-corrected chi connectivity index (χ0v) is 24.8. The molecular weight excluding hydrogens is 619 g/mol. The van der Waals surface area contributed by atoms with Crippen LogP contribution in [0.5, 0.6) is 0 Å². The van der Waals surface area contributed by atoms with E-state index < -0.39 is 28.2 Å². The molecule has 0 aromatic heterocycles. The van der Waals surface area contributed by atoms with E-state index in [9.17, 15) is 19.2 Å². The van der Waals surface area contributed by atoms with E-state index in [1.807, 2.05) is 13.8 Å². The SMILES string of the molecule is CCCC(=O)C(C(C)=O)[Si](C)(OC)OC.CCCC(=O)C(C(C)=O)[Si](C)(OC)OC.[Pt+2]. The fourth-order valence-electron chi connectivity index (χ4n) is 3.20. The van der Waals surface area contributed by atoms with Gasteiger partial charge in [0.05, 0.1) is 0 Å². The molecule has 184 valence electrons. The Hall–Kier alpha value is -0.358. The maximum Gasteiger partial charge on any atom is 2.00 e. The topological polar surface area (TPSA) is 105 Å². The first-order valence-electron chi connectivity index (χ1n) is 10.1. The molecule has 0 aliphatic carbocycles. The van der Waals surface area contributed by atoms with Crippen molar-refractivity contribution in [1.29, 1.82) is 0 Å². The Bertz CT molecular complexity index is 528. The number of hydrogen-bond donors (Lipinski definition) is 0. The molecule has 8 nitrogen and oxygen atoms in total. The first-order valence-corrected chi connectivity index (χ1v) is 14.9. The predicted octanol–water partition coefficient (Wildman–Crippen LogP) is 3.36. The molecule has 0 heterocycles. The summed E-state index contributed by atoms with van der Waals surface area (Å²) in [5.41, 5.74) is -1.40. The first kappa shape index (κ1) is 35.2. The van der Waals surface area contributed by atoms with Crippen molar-refractivity contribution in [1.82, 2.24) is 0 Å². The first-order chi connectivity index (χ1) is 13.8. The van der Waals surface area contributed by atoms with Crippen molar-refractivity contribution in [2.75, 3.05) is 28.4 Å². The molecule has 0 aromatic rings. The van der Waals surface area contributed by atoms with E-state index in [0.717, 1.165) is 12.8 Å². The predicted molar refractivity (Wildman–Crippen MR) is 120 cm³/mol. The van der Waals surface area contributed by atoms with E-state index in [4.69, 9.17) is 17.7 Å². The van der Waals surface area contributed by atoms with Gasteiger partial charge in [-0.1, -0.05) is 13.8 Å². The van der Waals surface area contributed by atoms with Gasteiger partial charge in [0.2, 0.25) is 0 Å². The smallest absolute Gasteiger partial charge is 0.397 e. The number of hydrogen-bond acceptors (Lipinski definition) is 8. The van der Waals surface area contributed by atoms with Crippen molar-refractivity contribution in [2.24, 2.45) is 0 Å². The van der Waals surface area contributed by atoms with Gasteiger partial charge < -0.3 is 17.7 Å². The van der Waals surface area contributed by atoms with Crippen LogP contribution >= 0.6 is 0 Å². The van der Waals surface area contributed by atoms with Crippen LogP contribution in [0.2, 0.25) is 24.2 Å².